The van der Waals surface area contributed by atoms with Gasteiger partial charge in [0.1, 0.15) is 6.17 Å². The molecule has 180 valence electrons. The molecule has 33 heavy (non-hydrogen) atoms. The highest BCUT2D eigenvalue weighted by atomic mass is 32.2. The lowest BCUT2D eigenvalue weighted by Crippen LogP contribution is -2.26. The maximum absolute atomic E-state index is 14.4. The second kappa shape index (κ2) is 11.8. The molecular formula is C28H34F4S. The van der Waals surface area contributed by atoms with Crippen LogP contribution in [-0.2, 0) is 0 Å². The molecule has 2 aromatic carbocycles. The molecule has 0 aromatic heterocycles. The molecule has 0 heterocycles. The maximum Gasteiger partial charge on any atom is 0.181 e. The van der Waals surface area contributed by atoms with Gasteiger partial charge in [0, 0.05) is 4.90 Å². The van der Waals surface area contributed by atoms with Crippen LogP contribution in [0.15, 0.2) is 53.4 Å². The van der Waals surface area contributed by atoms with Crippen LogP contribution in [0.25, 0.3) is 0 Å². The largest absolute Gasteiger partial charge is 0.243 e. The molecule has 2 aromatic rings. The van der Waals surface area contributed by atoms with Crippen LogP contribution in [0.1, 0.15) is 75.7 Å². The number of rotatable bonds is 8. The lowest BCUT2D eigenvalue weighted by molar-refractivity contribution is 0.145. The zero-order valence-electron chi connectivity index (χ0n) is 19.1. The molecular weight excluding hydrogens is 444 g/mol. The summed E-state index contributed by atoms with van der Waals surface area (Å²) in [5.41, 5.74) is -0.582. The average Bonchev–Trinajstić information content (AvgIpc) is 2.85. The minimum absolute atomic E-state index is 0.301. The summed E-state index contributed by atoms with van der Waals surface area (Å²) >= 11 is 0.976. The van der Waals surface area contributed by atoms with Gasteiger partial charge in [-0.05, 0) is 105 Å². The lowest BCUT2D eigenvalue weighted by Gasteiger charge is -2.38. The van der Waals surface area contributed by atoms with Crippen LogP contribution in [0.3, 0.4) is 0 Å². The fourth-order valence-electron chi connectivity index (χ4n) is 5.87. The molecule has 2 aliphatic rings. The molecule has 2 saturated carbocycles. The molecule has 0 aliphatic heterocycles. The van der Waals surface area contributed by atoms with Gasteiger partial charge in [0.05, 0.1) is 0 Å². The Bertz CT molecular complexity index is 857. The van der Waals surface area contributed by atoms with Gasteiger partial charge in [0.25, 0.3) is 0 Å². The molecule has 0 nitrogen and oxygen atoms in total. The fraction of sp³-hybridized carbons (Fsp3) is 0.571. The SMILES string of the molecule is Fc1ccc(C2CCC(C3CCC(CC[C@@H](F)[C@@H](F)Sc4ccccc4)CC3)CC2)cc1F. The molecule has 0 radical (unpaired) electrons. The second-order valence-electron chi connectivity index (χ2n) is 9.94. The molecule has 0 spiro atoms. The standard InChI is InChI=1S/C28H34F4S/c29-25-17-15-23(18-27(25)31)22-13-11-21(12-14-22)20-9-6-19(7-10-20)8-16-26(30)28(32)33-24-4-2-1-3-5-24/h1-5,15,17-22,26,28H,6-14,16H2/t19?,20?,21?,22?,26-,28+/m1/s1. The van der Waals surface area contributed by atoms with E-state index in [0.717, 1.165) is 73.1 Å². The van der Waals surface area contributed by atoms with Gasteiger partial charge in [0.15, 0.2) is 17.1 Å². The minimum atomic E-state index is -1.51. The van der Waals surface area contributed by atoms with Gasteiger partial charge in [0.2, 0.25) is 0 Å². The van der Waals surface area contributed by atoms with Crippen molar-refractivity contribution in [2.24, 2.45) is 17.8 Å². The predicted octanol–water partition coefficient (Wildman–Crippen LogP) is 9.25. The number of benzene rings is 2. The smallest absolute Gasteiger partial charge is 0.181 e. The Balaban J connectivity index is 1.15. The summed E-state index contributed by atoms with van der Waals surface area (Å²) in [6, 6.07) is 13.5. The van der Waals surface area contributed by atoms with Gasteiger partial charge in [-0.3, -0.25) is 0 Å². The van der Waals surface area contributed by atoms with E-state index in [1.165, 1.54) is 25.0 Å². The van der Waals surface area contributed by atoms with Gasteiger partial charge in [-0.2, -0.15) is 0 Å². The summed E-state index contributed by atoms with van der Waals surface area (Å²) in [6.45, 7) is 0. The molecule has 0 saturated heterocycles. The minimum Gasteiger partial charge on any atom is -0.243 e. The molecule has 4 rings (SSSR count). The van der Waals surface area contributed by atoms with Crippen molar-refractivity contribution in [1.82, 2.24) is 0 Å². The summed E-state index contributed by atoms with van der Waals surface area (Å²) in [5, 5.41) is 0. The predicted molar refractivity (Wildman–Crippen MR) is 128 cm³/mol. The van der Waals surface area contributed by atoms with E-state index in [2.05, 4.69) is 0 Å². The molecule has 2 fully saturated rings. The third-order valence-corrected chi connectivity index (χ3v) is 8.94. The Morgan fingerprint density at radius 3 is 2.03 bits per heavy atom. The van der Waals surface area contributed by atoms with Crippen LogP contribution < -0.4 is 0 Å². The molecule has 0 unspecified atom stereocenters. The van der Waals surface area contributed by atoms with Crippen LogP contribution in [0.2, 0.25) is 0 Å². The molecule has 0 bridgehead atoms. The quantitative estimate of drug-likeness (QED) is 0.269. The second-order valence-corrected chi connectivity index (χ2v) is 11.1. The van der Waals surface area contributed by atoms with E-state index in [1.54, 1.807) is 6.07 Å². The summed E-state index contributed by atoms with van der Waals surface area (Å²) in [4.78, 5) is 0.771. The summed E-state index contributed by atoms with van der Waals surface area (Å²) in [7, 11) is 0. The molecule has 0 amide bonds. The van der Waals surface area contributed by atoms with E-state index < -0.39 is 23.3 Å². The van der Waals surface area contributed by atoms with Crippen molar-refractivity contribution in [3.8, 4) is 0 Å². The normalized spacial score (nSPS) is 27.8. The van der Waals surface area contributed by atoms with Crippen molar-refractivity contribution in [3.63, 3.8) is 0 Å². The number of hydrogen-bond acceptors (Lipinski definition) is 1. The van der Waals surface area contributed by atoms with Crippen molar-refractivity contribution in [2.45, 2.75) is 86.7 Å². The Morgan fingerprint density at radius 1 is 0.758 bits per heavy atom. The topological polar surface area (TPSA) is 0 Å². The van der Waals surface area contributed by atoms with E-state index in [9.17, 15) is 17.6 Å². The van der Waals surface area contributed by atoms with E-state index in [0.29, 0.717) is 24.2 Å². The van der Waals surface area contributed by atoms with E-state index in [4.69, 9.17) is 0 Å². The highest BCUT2D eigenvalue weighted by molar-refractivity contribution is 7.99. The summed E-state index contributed by atoms with van der Waals surface area (Å²) in [5.74, 6) is 0.736. The molecule has 2 aliphatic carbocycles. The monoisotopic (exact) mass is 478 g/mol. The highest BCUT2D eigenvalue weighted by Crippen LogP contribution is 2.45. The van der Waals surface area contributed by atoms with Crippen molar-refractivity contribution in [2.75, 3.05) is 0 Å². The third kappa shape index (κ3) is 6.77. The average molecular weight is 479 g/mol. The third-order valence-electron chi connectivity index (χ3n) is 7.87. The zero-order chi connectivity index (χ0) is 23.2. The van der Waals surface area contributed by atoms with Gasteiger partial charge in [-0.15, -0.1) is 0 Å². The summed E-state index contributed by atoms with van der Waals surface area (Å²) in [6.07, 6.45) is 8.61. The van der Waals surface area contributed by atoms with Crippen molar-refractivity contribution >= 4 is 11.8 Å². The van der Waals surface area contributed by atoms with E-state index in [1.807, 2.05) is 30.3 Å². The highest BCUT2D eigenvalue weighted by Gasteiger charge is 2.32. The first-order valence-electron chi connectivity index (χ1n) is 12.4. The first kappa shape index (κ1) is 24.6. The fourth-order valence-corrected chi connectivity index (χ4v) is 6.73. The van der Waals surface area contributed by atoms with E-state index >= 15 is 0 Å². The molecule has 2 atom stereocenters. The van der Waals surface area contributed by atoms with Crippen LogP contribution in [0.4, 0.5) is 17.6 Å². The number of alkyl halides is 2. The molecule has 0 N–H and O–H groups in total. The maximum atomic E-state index is 14.4. The number of halogens is 4. The van der Waals surface area contributed by atoms with Crippen molar-refractivity contribution in [1.29, 1.82) is 0 Å². The zero-order valence-corrected chi connectivity index (χ0v) is 19.9. The van der Waals surface area contributed by atoms with Gasteiger partial charge < -0.3 is 0 Å². The Labute approximate surface area is 199 Å². The van der Waals surface area contributed by atoms with Crippen LogP contribution in [0.5, 0.6) is 0 Å². The van der Waals surface area contributed by atoms with E-state index in [-0.39, 0.29) is 0 Å². The van der Waals surface area contributed by atoms with Crippen molar-refractivity contribution < 1.29 is 17.6 Å². The Kier molecular flexibility index (Phi) is 8.78. The molecule has 5 heteroatoms. The van der Waals surface area contributed by atoms with Crippen LogP contribution in [-0.4, -0.2) is 11.7 Å². The van der Waals surface area contributed by atoms with Gasteiger partial charge in [-0.25, -0.2) is 17.6 Å². The van der Waals surface area contributed by atoms with Crippen LogP contribution >= 0.6 is 11.8 Å². The van der Waals surface area contributed by atoms with Gasteiger partial charge >= 0.3 is 0 Å². The number of hydrogen-bond donors (Lipinski definition) is 0. The lowest BCUT2D eigenvalue weighted by atomic mass is 9.68. The number of thioether (sulfide) groups is 1. The van der Waals surface area contributed by atoms with Gasteiger partial charge in [-0.1, -0.05) is 48.9 Å². The first-order chi connectivity index (χ1) is 16.0. The Hall–Kier alpha value is -1.49. The first-order valence-corrected chi connectivity index (χ1v) is 13.3. The Morgan fingerprint density at radius 2 is 1.39 bits per heavy atom. The van der Waals surface area contributed by atoms with Crippen LogP contribution in [0, 0.1) is 29.4 Å². The summed E-state index contributed by atoms with van der Waals surface area (Å²) < 4.78 is 55.5. The van der Waals surface area contributed by atoms with Crippen molar-refractivity contribution in [3.05, 3.63) is 65.7 Å².